The number of carbonyl (C=O) groups excluding carboxylic acids is 1. The number of benzene rings is 1. The van der Waals surface area contributed by atoms with E-state index in [4.69, 9.17) is 0 Å². The summed E-state index contributed by atoms with van der Waals surface area (Å²) >= 11 is 0. The van der Waals surface area contributed by atoms with Crippen LogP contribution in [0.1, 0.15) is 31.5 Å². The first-order valence-corrected chi connectivity index (χ1v) is 9.83. The molecule has 0 saturated heterocycles. The highest BCUT2D eigenvalue weighted by molar-refractivity contribution is 7.90. The summed E-state index contributed by atoms with van der Waals surface area (Å²) in [7, 11) is -3.02. The molecule has 2 rings (SSSR count). The van der Waals surface area contributed by atoms with Crippen molar-refractivity contribution in [3.05, 3.63) is 29.5 Å². The topological polar surface area (TPSA) is 89.0 Å². The summed E-state index contributed by atoms with van der Waals surface area (Å²) in [5.74, 6) is 0.711. The van der Waals surface area contributed by atoms with Crippen molar-refractivity contribution in [1.82, 2.24) is 9.97 Å². The number of para-hydroxylation sites is 1. The van der Waals surface area contributed by atoms with E-state index in [1.54, 1.807) is 0 Å². The fourth-order valence-electron chi connectivity index (χ4n) is 2.42. The molecule has 7 heteroatoms. The van der Waals surface area contributed by atoms with Crippen LogP contribution < -0.4 is 5.32 Å². The maximum atomic E-state index is 11.4. The summed E-state index contributed by atoms with van der Waals surface area (Å²) in [6.07, 6.45) is 2.82. The molecule has 0 fully saturated rings. The van der Waals surface area contributed by atoms with Gasteiger partial charge < -0.3 is 10.1 Å². The van der Waals surface area contributed by atoms with Crippen LogP contribution in [0.25, 0.3) is 11.0 Å². The molecule has 6 nitrogen and oxygen atoms in total. The van der Waals surface area contributed by atoms with Gasteiger partial charge in [0.15, 0.2) is 0 Å². The molecular weight excluding hydrogens is 326 g/mol. The number of hydrogen-bond donors (Lipinski definition) is 1. The van der Waals surface area contributed by atoms with E-state index in [0.29, 0.717) is 17.8 Å². The zero-order chi connectivity index (χ0) is 18.0. The number of aldehydes is 1. The fraction of sp³-hybridized carbons (Fsp3) is 0.471. The molecule has 0 saturated carbocycles. The van der Waals surface area contributed by atoms with Gasteiger partial charge in [-0.05, 0) is 38.8 Å². The lowest BCUT2D eigenvalue weighted by Gasteiger charge is -2.27. The second-order valence-corrected chi connectivity index (χ2v) is 8.96. The molecule has 0 bridgehead atoms. The normalized spacial score (nSPS) is 12.3. The first-order chi connectivity index (χ1) is 11.1. The van der Waals surface area contributed by atoms with Crippen LogP contribution in [0.4, 0.5) is 5.82 Å². The smallest absolute Gasteiger partial charge is 0.148 e. The van der Waals surface area contributed by atoms with Crippen molar-refractivity contribution < 1.29 is 13.2 Å². The average molecular weight is 349 g/mol. The third-order valence-electron chi connectivity index (χ3n) is 3.81. The van der Waals surface area contributed by atoms with Crippen LogP contribution in [0.5, 0.6) is 0 Å². The van der Waals surface area contributed by atoms with Crippen LogP contribution in [0.2, 0.25) is 0 Å². The molecule has 0 aliphatic carbocycles. The highest BCUT2D eigenvalue weighted by Gasteiger charge is 2.22. The van der Waals surface area contributed by atoms with Crippen molar-refractivity contribution in [2.75, 3.05) is 17.3 Å². The van der Waals surface area contributed by atoms with Gasteiger partial charge in [0, 0.05) is 18.2 Å². The number of sulfone groups is 1. The molecule has 0 aliphatic heterocycles. The molecular formula is C17H23N3O3S. The van der Waals surface area contributed by atoms with E-state index in [-0.39, 0.29) is 12.2 Å². The highest BCUT2D eigenvalue weighted by atomic mass is 32.2. The number of fused-ring (bicyclic) bond motifs is 1. The Hall–Kier alpha value is -2.02. The predicted molar refractivity (Wildman–Crippen MR) is 96.1 cm³/mol. The van der Waals surface area contributed by atoms with Crippen molar-refractivity contribution >= 4 is 33.0 Å². The molecule has 0 aliphatic rings. The molecule has 0 unspecified atom stereocenters. The third kappa shape index (κ3) is 4.74. The standard InChI is InChI=1S/C17H23N3O3S/c1-12-16(20-17(2,3)9-11-24(4,22)23)19-15-13(8-10-21)6-5-7-14(15)18-12/h5-7,10H,8-9,11H2,1-4H3,(H,19,20). The van der Waals surface area contributed by atoms with Crippen molar-refractivity contribution in [3.63, 3.8) is 0 Å². The van der Waals surface area contributed by atoms with Crippen molar-refractivity contribution in [1.29, 1.82) is 0 Å². The second-order valence-electron chi connectivity index (χ2n) is 6.70. The number of aryl methyl sites for hydroxylation is 1. The Labute approximate surface area is 142 Å². The molecule has 0 spiro atoms. The number of anilines is 1. The highest BCUT2D eigenvalue weighted by Crippen LogP contribution is 2.24. The molecule has 0 radical (unpaired) electrons. The summed E-state index contributed by atoms with van der Waals surface area (Å²) in [4.78, 5) is 20.1. The molecule has 0 atom stereocenters. The first-order valence-electron chi connectivity index (χ1n) is 7.77. The Morgan fingerprint density at radius 1 is 1.25 bits per heavy atom. The molecule has 1 heterocycles. The third-order valence-corrected chi connectivity index (χ3v) is 4.76. The second kappa shape index (κ2) is 6.84. The molecule has 0 amide bonds. The summed E-state index contributed by atoms with van der Waals surface area (Å²) in [6, 6.07) is 5.58. The quantitative estimate of drug-likeness (QED) is 0.772. The van der Waals surface area contributed by atoms with Gasteiger partial charge in [-0.2, -0.15) is 0 Å². The van der Waals surface area contributed by atoms with Gasteiger partial charge in [-0.25, -0.2) is 18.4 Å². The van der Waals surface area contributed by atoms with Gasteiger partial charge >= 0.3 is 0 Å². The predicted octanol–water partition coefficient (Wildman–Crippen LogP) is 2.30. The van der Waals surface area contributed by atoms with E-state index in [9.17, 15) is 13.2 Å². The van der Waals surface area contributed by atoms with E-state index in [1.165, 1.54) is 6.26 Å². The summed E-state index contributed by atoms with van der Waals surface area (Å²) in [6.45, 7) is 5.72. The van der Waals surface area contributed by atoms with Crippen LogP contribution in [-0.2, 0) is 21.1 Å². The Morgan fingerprint density at radius 2 is 1.96 bits per heavy atom. The monoisotopic (exact) mass is 349 g/mol. The number of hydrogen-bond acceptors (Lipinski definition) is 6. The van der Waals surface area contributed by atoms with Crippen molar-refractivity contribution in [2.45, 2.75) is 39.2 Å². The van der Waals surface area contributed by atoms with Gasteiger partial charge in [-0.1, -0.05) is 12.1 Å². The maximum absolute atomic E-state index is 11.4. The summed E-state index contributed by atoms with van der Waals surface area (Å²) < 4.78 is 22.8. The fourth-order valence-corrected chi connectivity index (χ4v) is 3.30. The van der Waals surface area contributed by atoms with Gasteiger partial charge in [-0.3, -0.25) is 0 Å². The molecule has 1 aromatic carbocycles. The van der Waals surface area contributed by atoms with Gasteiger partial charge in [0.2, 0.25) is 0 Å². The summed E-state index contributed by atoms with van der Waals surface area (Å²) in [5.41, 5.74) is 2.55. The minimum atomic E-state index is -3.02. The number of nitrogens with zero attached hydrogens (tertiary/aromatic N) is 2. The van der Waals surface area contributed by atoms with E-state index in [2.05, 4.69) is 15.3 Å². The Morgan fingerprint density at radius 3 is 2.58 bits per heavy atom. The summed E-state index contributed by atoms with van der Waals surface area (Å²) in [5, 5.41) is 3.29. The number of rotatable bonds is 7. The van der Waals surface area contributed by atoms with E-state index >= 15 is 0 Å². The lowest BCUT2D eigenvalue weighted by atomic mass is 10.0. The minimum Gasteiger partial charge on any atom is -0.364 e. The van der Waals surface area contributed by atoms with Gasteiger partial charge in [0.1, 0.15) is 21.9 Å². The van der Waals surface area contributed by atoms with Crippen LogP contribution >= 0.6 is 0 Å². The van der Waals surface area contributed by atoms with Gasteiger partial charge in [-0.15, -0.1) is 0 Å². The lowest BCUT2D eigenvalue weighted by Crippen LogP contribution is -2.34. The Bertz CT molecular complexity index is 861. The SMILES string of the molecule is Cc1nc2cccc(CC=O)c2nc1NC(C)(C)CCS(C)(=O)=O. The van der Waals surface area contributed by atoms with Crippen LogP contribution in [0, 0.1) is 6.92 Å². The van der Waals surface area contributed by atoms with Crippen molar-refractivity contribution in [2.24, 2.45) is 0 Å². The van der Waals surface area contributed by atoms with Crippen LogP contribution in [-0.4, -0.2) is 42.2 Å². The largest absolute Gasteiger partial charge is 0.364 e. The number of aromatic nitrogens is 2. The molecule has 1 aromatic heterocycles. The lowest BCUT2D eigenvalue weighted by molar-refractivity contribution is -0.107. The number of nitrogens with one attached hydrogen (secondary N) is 1. The Kier molecular flexibility index (Phi) is 5.22. The van der Waals surface area contributed by atoms with Crippen LogP contribution in [0.15, 0.2) is 18.2 Å². The molecule has 24 heavy (non-hydrogen) atoms. The molecule has 2 aromatic rings. The first kappa shape index (κ1) is 18.3. The zero-order valence-corrected chi connectivity index (χ0v) is 15.3. The average Bonchev–Trinajstić information content (AvgIpc) is 2.46. The van der Waals surface area contributed by atoms with E-state index in [1.807, 2.05) is 39.0 Å². The minimum absolute atomic E-state index is 0.101. The number of carbonyl (C=O) groups is 1. The zero-order valence-electron chi connectivity index (χ0n) is 14.5. The van der Waals surface area contributed by atoms with Crippen molar-refractivity contribution in [3.8, 4) is 0 Å². The Balaban J connectivity index is 2.36. The van der Waals surface area contributed by atoms with Gasteiger partial charge in [0.25, 0.3) is 0 Å². The van der Waals surface area contributed by atoms with E-state index < -0.39 is 15.4 Å². The molecule has 1 N–H and O–H groups in total. The van der Waals surface area contributed by atoms with Crippen LogP contribution in [0.3, 0.4) is 0 Å². The molecule has 130 valence electrons. The maximum Gasteiger partial charge on any atom is 0.148 e. The van der Waals surface area contributed by atoms with Gasteiger partial charge in [0.05, 0.1) is 22.5 Å². The van der Waals surface area contributed by atoms with E-state index in [0.717, 1.165) is 23.1 Å².